The molecule has 4 heteroatoms. The van der Waals surface area contributed by atoms with Crippen LogP contribution in [-0.4, -0.2) is 28.4 Å². The van der Waals surface area contributed by atoms with Gasteiger partial charge in [0.15, 0.2) is 0 Å². The van der Waals surface area contributed by atoms with Crippen LogP contribution in [0.5, 0.6) is 0 Å². The third kappa shape index (κ3) is 3.55. The molecule has 0 aromatic heterocycles. The number of aliphatic hydroxyl groups excluding tert-OH is 1. The lowest BCUT2D eigenvalue weighted by molar-refractivity contribution is -0.138. The molecular formula is C15H20O4. The van der Waals surface area contributed by atoms with Crippen LogP contribution in [0.3, 0.4) is 0 Å². The Bertz CT molecular complexity index is 426. The molecule has 19 heavy (non-hydrogen) atoms. The number of aliphatic hydroxyl groups is 1. The Morgan fingerprint density at radius 2 is 2.05 bits per heavy atom. The highest BCUT2D eigenvalue weighted by Crippen LogP contribution is 2.23. The minimum absolute atomic E-state index is 0.0578. The Balaban J connectivity index is 1.90. The summed E-state index contributed by atoms with van der Waals surface area (Å²) in [6.45, 7) is 2.13. The predicted molar refractivity (Wildman–Crippen MR) is 70.9 cm³/mol. The van der Waals surface area contributed by atoms with E-state index in [0.717, 1.165) is 30.4 Å². The van der Waals surface area contributed by atoms with Gasteiger partial charge in [-0.05, 0) is 37.3 Å². The first-order chi connectivity index (χ1) is 9.08. The maximum atomic E-state index is 10.9. The highest BCUT2D eigenvalue weighted by molar-refractivity contribution is 5.75. The molecule has 1 aliphatic carbocycles. The molecule has 3 unspecified atom stereocenters. The number of carbonyl (C=O) groups is 1. The second-order valence-electron chi connectivity index (χ2n) is 5.15. The quantitative estimate of drug-likeness (QED) is 0.856. The summed E-state index contributed by atoms with van der Waals surface area (Å²) in [6.07, 6.45) is 2.35. The van der Waals surface area contributed by atoms with E-state index >= 15 is 0 Å². The van der Waals surface area contributed by atoms with Gasteiger partial charge in [0, 0.05) is 0 Å². The Morgan fingerprint density at radius 1 is 1.37 bits per heavy atom. The van der Waals surface area contributed by atoms with Crippen LogP contribution in [0.4, 0.5) is 0 Å². The van der Waals surface area contributed by atoms with E-state index in [-0.39, 0.29) is 12.2 Å². The highest BCUT2D eigenvalue weighted by Gasteiger charge is 2.25. The third-order valence-corrected chi connectivity index (χ3v) is 3.73. The zero-order chi connectivity index (χ0) is 13.8. The Hall–Kier alpha value is -1.39. The molecule has 1 aromatic rings. The smallest absolute Gasteiger partial charge is 0.310 e. The van der Waals surface area contributed by atoms with Crippen LogP contribution in [0.15, 0.2) is 24.3 Å². The molecule has 0 bridgehead atoms. The van der Waals surface area contributed by atoms with Crippen molar-refractivity contribution < 1.29 is 19.7 Å². The van der Waals surface area contributed by atoms with Crippen molar-refractivity contribution in [3.05, 3.63) is 35.4 Å². The number of carboxylic acid groups (broad SMARTS) is 1. The van der Waals surface area contributed by atoms with Gasteiger partial charge in [-0.15, -0.1) is 0 Å². The minimum Gasteiger partial charge on any atom is -0.481 e. The van der Waals surface area contributed by atoms with Crippen molar-refractivity contribution in [2.45, 2.75) is 50.9 Å². The van der Waals surface area contributed by atoms with Crippen molar-refractivity contribution in [2.75, 3.05) is 0 Å². The summed E-state index contributed by atoms with van der Waals surface area (Å²) in [5.41, 5.74) is 1.79. The minimum atomic E-state index is -0.821. The number of ether oxygens (including phenoxy) is 1. The molecule has 1 saturated carbocycles. The molecule has 2 N–H and O–H groups in total. The topological polar surface area (TPSA) is 66.8 Å². The van der Waals surface area contributed by atoms with Crippen LogP contribution in [-0.2, 0) is 16.1 Å². The Kier molecular flexibility index (Phi) is 4.56. The summed E-state index contributed by atoms with van der Waals surface area (Å²) in [5.74, 6) is -1.32. The van der Waals surface area contributed by atoms with Crippen molar-refractivity contribution >= 4 is 5.97 Å². The summed E-state index contributed by atoms with van der Waals surface area (Å²) >= 11 is 0. The highest BCUT2D eigenvalue weighted by atomic mass is 16.5. The first-order valence-electron chi connectivity index (χ1n) is 6.69. The van der Waals surface area contributed by atoms with Gasteiger partial charge in [0.05, 0.1) is 24.7 Å². The molecule has 0 amide bonds. The summed E-state index contributed by atoms with van der Waals surface area (Å²) in [6, 6.07) is 7.41. The predicted octanol–water partition coefficient (Wildman–Crippen LogP) is 2.30. The van der Waals surface area contributed by atoms with Gasteiger partial charge in [0.25, 0.3) is 0 Å². The Morgan fingerprint density at radius 3 is 2.58 bits per heavy atom. The van der Waals surface area contributed by atoms with E-state index in [4.69, 9.17) is 9.84 Å². The van der Waals surface area contributed by atoms with Crippen LogP contribution < -0.4 is 0 Å². The van der Waals surface area contributed by atoms with Crippen molar-refractivity contribution in [1.82, 2.24) is 0 Å². The van der Waals surface area contributed by atoms with Gasteiger partial charge in [-0.25, -0.2) is 0 Å². The van der Waals surface area contributed by atoms with Gasteiger partial charge < -0.3 is 14.9 Å². The summed E-state index contributed by atoms with van der Waals surface area (Å²) in [7, 11) is 0. The number of aliphatic carboxylic acids is 1. The van der Waals surface area contributed by atoms with Crippen LogP contribution in [0, 0.1) is 0 Å². The molecule has 1 fully saturated rings. The van der Waals surface area contributed by atoms with E-state index in [0.29, 0.717) is 6.61 Å². The molecule has 0 aliphatic heterocycles. The summed E-state index contributed by atoms with van der Waals surface area (Å²) in [5, 5.41) is 18.6. The molecular weight excluding hydrogens is 244 g/mol. The summed E-state index contributed by atoms with van der Waals surface area (Å²) in [4.78, 5) is 10.9. The number of carboxylic acids is 1. The standard InChI is InChI=1S/C15H20O4/c1-10(15(17)18)12-7-5-11(6-8-12)9-19-14-4-2-3-13(14)16/h5-8,10,13-14,16H,2-4,9H2,1H3,(H,17,18). The third-order valence-electron chi connectivity index (χ3n) is 3.73. The van der Waals surface area contributed by atoms with E-state index in [9.17, 15) is 9.90 Å². The lowest BCUT2D eigenvalue weighted by Gasteiger charge is -2.15. The molecule has 3 atom stereocenters. The van der Waals surface area contributed by atoms with Crippen LogP contribution >= 0.6 is 0 Å². The Labute approximate surface area is 113 Å². The molecule has 1 aromatic carbocycles. The maximum Gasteiger partial charge on any atom is 0.310 e. The second kappa shape index (κ2) is 6.17. The first kappa shape index (κ1) is 14.0. The molecule has 2 rings (SSSR count). The van der Waals surface area contributed by atoms with E-state index in [1.165, 1.54) is 0 Å². The van der Waals surface area contributed by atoms with Gasteiger partial charge in [-0.1, -0.05) is 24.3 Å². The fourth-order valence-electron chi connectivity index (χ4n) is 2.35. The molecule has 0 spiro atoms. The average Bonchev–Trinajstić information content (AvgIpc) is 2.81. The maximum absolute atomic E-state index is 10.9. The number of hydrogen-bond donors (Lipinski definition) is 2. The lowest BCUT2D eigenvalue weighted by atomic mass is 10.0. The number of rotatable bonds is 5. The van der Waals surface area contributed by atoms with Crippen molar-refractivity contribution in [1.29, 1.82) is 0 Å². The van der Waals surface area contributed by atoms with Gasteiger partial charge in [-0.2, -0.15) is 0 Å². The van der Waals surface area contributed by atoms with Crippen molar-refractivity contribution in [3.8, 4) is 0 Å². The lowest BCUT2D eigenvalue weighted by Crippen LogP contribution is -2.22. The van der Waals surface area contributed by atoms with Crippen molar-refractivity contribution in [3.63, 3.8) is 0 Å². The largest absolute Gasteiger partial charge is 0.481 e. The molecule has 1 aliphatic rings. The van der Waals surface area contributed by atoms with E-state index in [1.807, 2.05) is 24.3 Å². The van der Waals surface area contributed by atoms with Crippen molar-refractivity contribution in [2.24, 2.45) is 0 Å². The molecule has 0 radical (unpaired) electrons. The van der Waals surface area contributed by atoms with Gasteiger partial charge in [0.1, 0.15) is 0 Å². The van der Waals surface area contributed by atoms with Crippen LogP contribution in [0.1, 0.15) is 43.2 Å². The van der Waals surface area contributed by atoms with Gasteiger partial charge in [-0.3, -0.25) is 4.79 Å². The second-order valence-corrected chi connectivity index (χ2v) is 5.15. The van der Waals surface area contributed by atoms with E-state index in [2.05, 4.69) is 0 Å². The normalized spacial score (nSPS) is 24.3. The zero-order valence-corrected chi connectivity index (χ0v) is 11.1. The average molecular weight is 264 g/mol. The SMILES string of the molecule is CC(C(=O)O)c1ccc(COC2CCCC2O)cc1. The van der Waals surface area contributed by atoms with Crippen LogP contribution in [0.25, 0.3) is 0 Å². The molecule has 4 nitrogen and oxygen atoms in total. The zero-order valence-electron chi connectivity index (χ0n) is 11.1. The fourth-order valence-corrected chi connectivity index (χ4v) is 2.35. The number of hydrogen-bond acceptors (Lipinski definition) is 3. The van der Waals surface area contributed by atoms with Gasteiger partial charge >= 0.3 is 5.97 Å². The monoisotopic (exact) mass is 264 g/mol. The molecule has 0 heterocycles. The molecule has 0 saturated heterocycles. The fraction of sp³-hybridized carbons (Fsp3) is 0.533. The summed E-state index contributed by atoms with van der Waals surface area (Å²) < 4.78 is 5.68. The van der Waals surface area contributed by atoms with Gasteiger partial charge in [0.2, 0.25) is 0 Å². The van der Waals surface area contributed by atoms with E-state index in [1.54, 1.807) is 6.92 Å². The molecule has 104 valence electrons. The van der Waals surface area contributed by atoms with E-state index < -0.39 is 11.9 Å². The van der Waals surface area contributed by atoms with Crippen LogP contribution in [0.2, 0.25) is 0 Å². The first-order valence-corrected chi connectivity index (χ1v) is 6.69. The number of benzene rings is 1.